The highest BCUT2D eigenvalue weighted by molar-refractivity contribution is 5.83. The Bertz CT molecular complexity index is 440. The molecule has 1 amide bonds. The molecule has 0 aliphatic heterocycles. The highest BCUT2D eigenvalue weighted by Gasteiger charge is 2.46. The Kier molecular flexibility index (Phi) is 4.19. The number of aryl methyl sites for hydroxylation is 1. The maximum atomic E-state index is 12.6. The number of rotatable bonds is 6. The lowest BCUT2D eigenvalue weighted by atomic mass is 9.68. The first-order valence-electron chi connectivity index (χ1n) is 6.69. The normalized spacial score (nSPS) is 17.0. The Labute approximate surface area is 113 Å². The van der Waals surface area contributed by atoms with Crippen LogP contribution in [-0.2, 0) is 16.1 Å². The smallest absolute Gasteiger partial charge is 0.231 e. The lowest BCUT2D eigenvalue weighted by Crippen LogP contribution is -2.50. The van der Waals surface area contributed by atoms with Crippen molar-refractivity contribution in [3.63, 3.8) is 0 Å². The number of methoxy groups -OCH3 is 1. The Morgan fingerprint density at radius 1 is 1.53 bits per heavy atom. The summed E-state index contributed by atoms with van der Waals surface area (Å²) in [4.78, 5) is 18.6. The van der Waals surface area contributed by atoms with Gasteiger partial charge in [0.15, 0.2) is 5.82 Å². The Balaban J connectivity index is 2.06. The molecule has 6 nitrogen and oxygen atoms in total. The zero-order valence-electron chi connectivity index (χ0n) is 11.8. The molecular formula is C13H21N3O3. The van der Waals surface area contributed by atoms with Gasteiger partial charge in [0.2, 0.25) is 11.8 Å². The third kappa shape index (κ3) is 2.78. The molecule has 1 heterocycles. The van der Waals surface area contributed by atoms with Crippen LogP contribution < -0.4 is 0 Å². The molecule has 0 bridgehead atoms. The van der Waals surface area contributed by atoms with Crippen molar-refractivity contribution in [1.82, 2.24) is 15.0 Å². The fourth-order valence-corrected chi connectivity index (χ4v) is 2.54. The largest absolute Gasteiger partial charge is 0.384 e. The van der Waals surface area contributed by atoms with Crippen molar-refractivity contribution in [2.45, 2.75) is 39.7 Å². The second-order valence-corrected chi connectivity index (χ2v) is 5.12. The summed E-state index contributed by atoms with van der Waals surface area (Å²) in [6.07, 6.45) is 2.90. The van der Waals surface area contributed by atoms with E-state index in [9.17, 15) is 4.79 Å². The summed E-state index contributed by atoms with van der Waals surface area (Å²) >= 11 is 0. The van der Waals surface area contributed by atoms with Crippen LogP contribution in [0.15, 0.2) is 4.52 Å². The summed E-state index contributed by atoms with van der Waals surface area (Å²) < 4.78 is 10.2. The zero-order valence-corrected chi connectivity index (χ0v) is 11.8. The van der Waals surface area contributed by atoms with Crippen LogP contribution in [0.4, 0.5) is 0 Å². The molecule has 6 heteroatoms. The van der Waals surface area contributed by atoms with E-state index in [-0.39, 0.29) is 11.3 Å². The minimum Gasteiger partial charge on any atom is -0.384 e. The first kappa shape index (κ1) is 14.0. The van der Waals surface area contributed by atoms with Crippen LogP contribution in [0.1, 0.15) is 37.9 Å². The van der Waals surface area contributed by atoms with Crippen LogP contribution in [0.2, 0.25) is 0 Å². The molecule has 0 atom stereocenters. The molecule has 0 unspecified atom stereocenters. The molecular weight excluding hydrogens is 246 g/mol. The second kappa shape index (κ2) is 5.69. The lowest BCUT2D eigenvalue weighted by Gasteiger charge is -2.42. The lowest BCUT2D eigenvalue weighted by molar-refractivity contribution is -0.152. The summed E-state index contributed by atoms with van der Waals surface area (Å²) in [6, 6.07) is 0. The van der Waals surface area contributed by atoms with Crippen LogP contribution >= 0.6 is 0 Å². The average molecular weight is 267 g/mol. The molecule has 1 saturated carbocycles. The third-order valence-electron chi connectivity index (χ3n) is 3.76. The van der Waals surface area contributed by atoms with E-state index in [1.165, 1.54) is 0 Å². The highest BCUT2D eigenvalue weighted by atomic mass is 16.5. The number of aromatic nitrogens is 2. The second-order valence-electron chi connectivity index (χ2n) is 5.12. The van der Waals surface area contributed by atoms with E-state index >= 15 is 0 Å². The molecule has 106 valence electrons. The molecule has 1 fully saturated rings. The topological polar surface area (TPSA) is 68.5 Å². The molecule has 19 heavy (non-hydrogen) atoms. The number of nitrogens with zero attached hydrogens (tertiary/aromatic N) is 3. The van der Waals surface area contributed by atoms with E-state index < -0.39 is 0 Å². The minimum atomic E-state index is -0.330. The van der Waals surface area contributed by atoms with Crippen LogP contribution in [0.3, 0.4) is 0 Å². The molecule has 2 rings (SSSR count). The fourth-order valence-electron chi connectivity index (χ4n) is 2.54. The quantitative estimate of drug-likeness (QED) is 0.782. The molecule has 0 N–H and O–H groups in total. The number of amides is 1. The van der Waals surface area contributed by atoms with Gasteiger partial charge in [0.05, 0.1) is 18.6 Å². The Morgan fingerprint density at radius 3 is 2.68 bits per heavy atom. The molecule has 0 saturated heterocycles. The summed E-state index contributed by atoms with van der Waals surface area (Å²) in [5.74, 6) is 1.22. The maximum Gasteiger partial charge on any atom is 0.231 e. The summed E-state index contributed by atoms with van der Waals surface area (Å²) in [5.41, 5.74) is -0.330. The van der Waals surface area contributed by atoms with Crippen LogP contribution in [0.25, 0.3) is 0 Å². The Morgan fingerprint density at radius 2 is 2.26 bits per heavy atom. The average Bonchev–Trinajstić information content (AvgIpc) is 2.75. The van der Waals surface area contributed by atoms with E-state index in [1.807, 2.05) is 6.92 Å². The SMILES string of the molecule is CCN(Cc1noc(C)n1)C(=O)C1(COC)CCC1. The van der Waals surface area contributed by atoms with Gasteiger partial charge >= 0.3 is 0 Å². The van der Waals surface area contributed by atoms with Gasteiger partial charge < -0.3 is 14.2 Å². The predicted molar refractivity (Wildman–Crippen MR) is 68.3 cm³/mol. The molecule has 1 aromatic rings. The van der Waals surface area contributed by atoms with E-state index in [4.69, 9.17) is 9.26 Å². The third-order valence-corrected chi connectivity index (χ3v) is 3.76. The summed E-state index contributed by atoms with van der Waals surface area (Å²) in [5, 5.41) is 3.85. The van der Waals surface area contributed by atoms with Gasteiger partial charge in [-0.25, -0.2) is 0 Å². The molecule has 1 aliphatic carbocycles. The maximum absolute atomic E-state index is 12.6. The minimum absolute atomic E-state index is 0.144. The van der Waals surface area contributed by atoms with Crippen molar-refractivity contribution in [1.29, 1.82) is 0 Å². The van der Waals surface area contributed by atoms with Gasteiger partial charge in [-0.15, -0.1) is 0 Å². The highest BCUT2D eigenvalue weighted by Crippen LogP contribution is 2.42. The van der Waals surface area contributed by atoms with Gasteiger partial charge in [0, 0.05) is 20.6 Å². The molecule has 1 aromatic heterocycles. The molecule has 0 spiro atoms. The molecule has 1 aliphatic rings. The van der Waals surface area contributed by atoms with Crippen LogP contribution in [0, 0.1) is 12.3 Å². The van der Waals surface area contributed by atoms with Crippen molar-refractivity contribution in [3.05, 3.63) is 11.7 Å². The van der Waals surface area contributed by atoms with E-state index in [1.54, 1.807) is 18.9 Å². The first-order valence-corrected chi connectivity index (χ1v) is 6.69. The summed E-state index contributed by atoms with van der Waals surface area (Å²) in [6.45, 7) is 5.24. The number of hydrogen-bond donors (Lipinski definition) is 0. The van der Waals surface area contributed by atoms with Gasteiger partial charge in [-0.3, -0.25) is 4.79 Å². The standard InChI is InChI=1S/C13H21N3O3/c1-4-16(8-11-14-10(2)19-15-11)12(17)13(9-18-3)6-5-7-13/h4-9H2,1-3H3. The van der Waals surface area contributed by atoms with Gasteiger partial charge in [0.25, 0.3) is 0 Å². The fraction of sp³-hybridized carbons (Fsp3) is 0.769. The van der Waals surface area contributed by atoms with Crippen molar-refractivity contribution in [3.8, 4) is 0 Å². The molecule has 0 aromatic carbocycles. The van der Waals surface area contributed by atoms with Crippen LogP contribution in [0.5, 0.6) is 0 Å². The van der Waals surface area contributed by atoms with Crippen molar-refractivity contribution in [2.75, 3.05) is 20.3 Å². The van der Waals surface area contributed by atoms with E-state index in [0.29, 0.717) is 31.4 Å². The number of carbonyl (C=O) groups excluding carboxylic acids is 1. The number of ether oxygens (including phenoxy) is 1. The number of hydrogen-bond acceptors (Lipinski definition) is 5. The van der Waals surface area contributed by atoms with Crippen molar-refractivity contribution in [2.24, 2.45) is 5.41 Å². The van der Waals surface area contributed by atoms with Crippen LogP contribution in [-0.4, -0.2) is 41.2 Å². The summed E-state index contributed by atoms with van der Waals surface area (Å²) in [7, 11) is 1.65. The van der Waals surface area contributed by atoms with Gasteiger partial charge in [-0.1, -0.05) is 11.6 Å². The van der Waals surface area contributed by atoms with Gasteiger partial charge in [-0.05, 0) is 19.8 Å². The van der Waals surface area contributed by atoms with Gasteiger partial charge in [-0.2, -0.15) is 4.98 Å². The van der Waals surface area contributed by atoms with Gasteiger partial charge in [0.1, 0.15) is 0 Å². The zero-order chi connectivity index (χ0) is 13.9. The predicted octanol–water partition coefficient (Wildman–Crippen LogP) is 1.54. The van der Waals surface area contributed by atoms with Crippen molar-refractivity contribution >= 4 is 5.91 Å². The molecule has 0 radical (unpaired) electrons. The number of carbonyl (C=O) groups is 1. The van der Waals surface area contributed by atoms with E-state index in [2.05, 4.69) is 10.1 Å². The van der Waals surface area contributed by atoms with E-state index in [0.717, 1.165) is 19.3 Å². The first-order chi connectivity index (χ1) is 9.11. The van der Waals surface area contributed by atoms with Crippen molar-refractivity contribution < 1.29 is 14.1 Å². The monoisotopic (exact) mass is 267 g/mol. The Hall–Kier alpha value is -1.43.